The fourth-order valence-corrected chi connectivity index (χ4v) is 3.12. The highest BCUT2D eigenvalue weighted by Crippen LogP contribution is 2.32. The van der Waals surface area contributed by atoms with Crippen molar-refractivity contribution in [2.75, 3.05) is 44.2 Å². The van der Waals surface area contributed by atoms with Crippen molar-refractivity contribution in [2.45, 2.75) is 19.1 Å². The largest absolute Gasteiger partial charge is 0.433 e. The zero-order valence-corrected chi connectivity index (χ0v) is 15.1. The topological polar surface area (TPSA) is 79.2 Å². The molecule has 4 heterocycles. The lowest BCUT2D eigenvalue weighted by Gasteiger charge is -2.31. The highest BCUT2D eigenvalue weighted by atomic mass is 19.4. The van der Waals surface area contributed by atoms with Crippen LogP contribution in [0.3, 0.4) is 0 Å². The van der Waals surface area contributed by atoms with Crippen molar-refractivity contribution in [2.24, 2.45) is 0 Å². The van der Waals surface area contributed by atoms with E-state index >= 15 is 0 Å². The van der Waals surface area contributed by atoms with Gasteiger partial charge >= 0.3 is 6.18 Å². The summed E-state index contributed by atoms with van der Waals surface area (Å²) in [7, 11) is 0. The molecular formula is C17H20F3N7O. The highest BCUT2D eigenvalue weighted by Gasteiger charge is 2.35. The number of amides is 1. The van der Waals surface area contributed by atoms with Crippen molar-refractivity contribution >= 4 is 11.9 Å². The Labute approximate surface area is 159 Å². The molecule has 2 aromatic rings. The highest BCUT2D eigenvalue weighted by molar-refractivity contribution is 5.76. The second-order valence-electron chi connectivity index (χ2n) is 6.83. The van der Waals surface area contributed by atoms with E-state index in [4.69, 9.17) is 0 Å². The third kappa shape index (κ3) is 3.93. The van der Waals surface area contributed by atoms with Crippen molar-refractivity contribution in [3.8, 4) is 11.3 Å². The Morgan fingerprint density at radius 3 is 2.54 bits per heavy atom. The maximum atomic E-state index is 13.2. The zero-order valence-electron chi connectivity index (χ0n) is 15.1. The molecule has 2 saturated heterocycles. The molecule has 2 aliphatic heterocycles. The van der Waals surface area contributed by atoms with E-state index in [0.717, 1.165) is 25.6 Å². The van der Waals surface area contributed by atoms with Crippen LogP contribution in [0.5, 0.6) is 0 Å². The smallest absolute Gasteiger partial charge is 0.341 e. The monoisotopic (exact) mass is 395 g/mol. The maximum absolute atomic E-state index is 13.2. The minimum atomic E-state index is -4.56. The Kier molecular flexibility index (Phi) is 4.92. The van der Waals surface area contributed by atoms with E-state index in [0.29, 0.717) is 31.7 Å². The summed E-state index contributed by atoms with van der Waals surface area (Å²) in [6.07, 6.45) is -0.692. The van der Waals surface area contributed by atoms with Gasteiger partial charge in [-0.15, -0.1) is 0 Å². The number of anilines is 1. The third-order valence-electron chi connectivity index (χ3n) is 4.84. The molecule has 2 aromatic heterocycles. The number of aromatic nitrogens is 4. The molecule has 4 rings (SSSR count). The van der Waals surface area contributed by atoms with Crippen LogP contribution in [-0.2, 0) is 17.5 Å². The minimum Gasteiger partial charge on any atom is -0.341 e. The lowest BCUT2D eigenvalue weighted by atomic mass is 10.2. The van der Waals surface area contributed by atoms with Gasteiger partial charge in [-0.25, -0.2) is 9.97 Å². The van der Waals surface area contributed by atoms with E-state index < -0.39 is 11.9 Å². The number of alkyl halides is 3. The number of hydrogen-bond acceptors (Lipinski definition) is 6. The van der Waals surface area contributed by atoms with Gasteiger partial charge in [0.15, 0.2) is 5.69 Å². The first-order chi connectivity index (χ1) is 13.4. The third-order valence-corrected chi connectivity index (χ3v) is 4.84. The number of nitrogens with one attached hydrogen (secondary N) is 1. The number of carbonyl (C=O) groups excluding carboxylic acids is 1. The van der Waals surface area contributed by atoms with Gasteiger partial charge in [-0.3, -0.25) is 9.48 Å². The second kappa shape index (κ2) is 7.38. The van der Waals surface area contributed by atoms with Gasteiger partial charge in [-0.1, -0.05) is 0 Å². The van der Waals surface area contributed by atoms with E-state index in [2.05, 4.69) is 20.4 Å². The van der Waals surface area contributed by atoms with Gasteiger partial charge in [0.2, 0.25) is 11.9 Å². The SMILES string of the molecule is O=C(Cn1cc(-c2cc(C(F)(F)F)nc(N3CCC3)n2)cn1)N1CCNCC1. The molecular weight excluding hydrogens is 375 g/mol. The number of rotatable bonds is 4. The van der Waals surface area contributed by atoms with Gasteiger partial charge in [-0.2, -0.15) is 18.3 Å². The second-order valence-corrected chi connectivity index (χ2v) is 6.83. The molecule has 0 aromatic carbocycles. The lowest BCUT2D eigenvalue weighted by molar-refractivity contribution is -0.141. The first kappa shape index (κ1) is 18.7. The molecule has 1 amide bonds. The van der Waals surface area contributed by atoms with E-state index in [1.807, 2.05) is 0 Å². The first-order valence-corrected chi connectivity index (χ1v) is 9.13. The van der Waals surface area contributed by atoms with Crippen LogP contribution in [0.15, 0.2) is 18.5 Å². The molecule has 0 bridgehead atoms. The quantitative estimate of drug-likeness (QED) is 0.832. The summed E-state index contributed by atoms with van der Waals surface area (Å²) in [4.78, 5) is 23.7. The predicted octanol–water partition coefficient (Wildman–Crippen LogP) is 1.00. The molecule has 11 heteroatoms. The number of hydrogen-bond donors (Lipinski definition) is 1. The van der Waals surface area contributed by atoms with Crippen molar-refractivity contribution in [3.63, 3.8) is 0 Å². The maximum Gasteiger partial charge on any atom is 0.433 e. The standard InChI is InChI=1S/C17H20F3N7O/c18-17(19,20)14-8-13(23-16(24-14)26-4-1-5-26)12-9-22-27(10-12)11-15(28)25-6-2-21-3-7-25/h8-10,21H,1-7,11H2. The summed E-state index contributed by atoms with van der Waals surface area (Å²) in [5.74, 6) is -0.00296. The van der Waals surface area contributed by atoms with E-state index in [1.165, 1.54) is 10.9 Å². The van der Waals surface area contributed by atoms with Crippen molar-refractivity contribution < 1.29 is 18.0 Å². The summed E-state index contributed by atoms with van der Waals surface area (Å²) < 4.78 is 41.2. The molecule has 0 aliphatic carbocycles. The fraction of sp³-hybridized carbons (Fsp3) is 0.529. The van der Waals surface area contributed by atoms with Crippen molar-refractivity contribution in [3.05, 3.63) is 24.2 Å². The van der Waals surface area contributed by atoms with Crippen LogP contribution in [0.25, 0.3) is 11.3 Å². The Morgan fingerprint density at radius 2 is 1.89 bits per heavy atom. The van der Waals surface area contributed by atoms with Gasteiger partial charge in [0.25, 0.3) is 0 Å². The van der Waals surface area contributed by atoms with Gasteiger partial charge < -0.3 is 15.1 Å². The normalized spacial score (nSPS) is 17.5. The van der Waals surface area contributed by atoms with Gasteiger partial charge in [0.05, 0.1) is 11.9 Å². The van der Waals surface area contributed by atoms with E-state index in [1.54, 1.807) is 16.0 Å². The van der Waals surface area contributed by atoms with Crippen LogP contribution in [0.1, 0.15) is 12.1 Å². The Balaban J connectivity index is 1.56. The Hall–Kier alpha value is -2.69. The van der Waals surface area contributed by atoms with E-state index in [-0.39, 0.29) is 24.1 Å². The number of piperazine rings is 1. The van der Waals surface area contributed by atoms with Crippen LogP contribution >= 0.6 is 0 Å². The summed E-state index contributed by atoms with van der Waals surface area (Å²) in [6.45, 7) is 4.07. The van der Waals surface area contributed by atoms with E-state index in [9.17, 15) is 18.0 Å². The molecule has 0 atom stereocenters. The first-order valence-electron chi connectivity index (χ1n) is 9.13. The van der Waals surface area contributed by atoms with Crippen LogP contribution in [0.4, 0.5) is 19.1 Å². The van der Waals surface area contributed by atoms with Crippen molar-refractivity contribution in [1.82, 2.24) is 30.0 Å². The Morgan fingerprint density at radius 1 is 1.14 bits per heavy atom. The average Bonchev–Trinajstić information content (AvgIpc) is 3.08. The minimum absolute atomic E-state index is 0.0379. The molecule has 0 spiro atoms. The molecule has 8 nitrogen and oxygen atoms in total. The van der Waals surface area contributed by atoms with Crippen LogP contribution in [-0.4, -0.2) is 69.8 Å². The van der Waals surface area contributed by atoms with Gasteiger partial charge in [0, 0.05) is 51.0 Å². The molecule has 1 N–H and O–H groups in total. The molecule has 0 saturated carbocycles. The molecule has 150 valence electrons. The molecule has 2 aliphatic rings. The van der Waals surface area contributed by atoms with Crippen LogP contribution in [0.2, 0.25) is 0 Å². The van der Waals surface area contributed by atoms with Gasteiger partial charge in [0.1, 0.15) is 6.54 Å². The van der Waals surface area contributed by atoms with Crippen LogP contribution in [0, 0.1) is 0 Å². The van der Waals surface area contributed by atoms with Crippen molar-refractivity contribution in [1.29, 1.82) is 0 Å². The zero-order chi connectivity index (χ0) is 19.7. The molecule has 2 fully saturated rings. The number of halogens is 3. The lowest BCUT2D eigenvalue weighted by Crippen LogP contribution is -2.47. The summed E-state index contributed by atoms with van der Waals surface area (Å²) in [5.41, 5.74) is -0.420. The summed E-state index contributed by atoms with van der Waals surface area (Å²) in [5, 5.41) is 7.30. The number of carbonyl (C=O) groups is 1. The summed E-state index contributed by atoms with van der Waals surface area (Å²) >= 11 is 0. The fourth-order valence-electron chi connectivity index (χ4n) is 3.12. The average molecular weight is 395 g/mol. The molecule has 0 unspecified atom stereocenters. The summed E-state index contributed by atoms with van der Waals surface area (Å²) in [6, 6.07) is 0.919. The molecule has 0 radical (unpaired) electrons. The predicted molar refractivity (Wildman–Crippen MR) is 94.5 cm³/mol. The van der Waals surface area contributed by atoms with Crippen LogP contribution < -0.4 is 10.2 Å². The Bertz CT molecular complexity index is 857. The van der Waals surface area contributed by atoms with Gasteiger partial charge in [-0.05, 0) is 12.5 Å². The number of nitrogens with zero attached hydrogens (tertiary/aromatic N) is 6. The molecule has 28 heavy (non-hydrogen) atoms.